The van der Waals surface area contributed by atoms with Crippen molar-refractivity contribution in [2.24, 2.45) is 7.05 Å². The molecule has 0 aromatic carbocycles. The zero-order valence-electron chi connectivity index (χ0n) is 20.0. The van der Waals surface area contributed by atoms with E-state index >= 15 is 0 Å². The Bertz CT molecular complexity index is 1200. The minimum absolute atomic E-state index is 0.0236. The molecule has 4 rings (SSSR count). The van der Waals surface area contributed by atoms with E-state index in [0.29, 0.717) is 12.4 Å². The van der Waals surface area contributed by atoms with Gasteiger partial charge in [0.25, 0.3) is 0 Å². The highest BCUT2D eigenvalue weighted by atomic mass is 16.2. The number of hydrogen-bond donors (Lipinski definition) is 1. The van der Waals surface area contributed by atoms with Crippen LogP contribution in [-0.4, -0.2) is 48.6 Å². The second-order valence-electron chi connectivity index (χ2n) is 8.68. The Morgan fingerprint density at radius 1 is 1.12 bits per heavy atom. The summed E-state index contributed by atoms with van der Waals surface area (Å²) in [5, 5.41) is 7.71. The van der Waals surface area contributed by atoms with Gasteiger partial charge in [-0.25, -0.2) is 15.0 Å². The van der Waals surface area contributed by atoms with Gasteiger partial charge in [-0.15, -0.1) is 0 Å². The van der Waals surface area contributed by atoms with Crippen LogP contribution in [0.25, 0.3) is 6.08 Å². The molecule has 172 valence electrons. The fourth-order valence-corrected chi connectivity index (χ4v) is 4.32. The first-order valence-electron chi connectivity index (χ1n) is 11.3. The number of aryl methyl sites for hydroxylation is 4. The highest BCUT2D eigenvalue weighted by Gasteiger charge is 2.25. The molecule has 8 heteroatoms. The summed E-state index contributed by atoms with van der Waals surface area (Å²) in [5.74, 6) is 2.38. The van der Waals surface area contributed by atoms with Crippen LogP contribution in [0.5, 0.6) is 0 Å². The van der Waals surface area contributed by atoms with Crippen molar-refractivity contribution in [3.8, 4) is 0 Å². The minimum atomic E-state index is 0.0236. The molecule has 3 aromatic rings. The summed E-state index contributed by atoms with van der Waals surface area (Å²) >= 11 is 0. The number of rotatable bonds is 5. The molecule has 0 spiro atoms. The molecule has 3 aromatic heterocycles. The number of pyridine rings is 1. The molecule has 0 bridgehead atoms. The molecule has 8 nitrogen and oxygen atoms in total. The predicted molar refractivity (Wildman–Crippen MR) is 129 cm³/mol. The Balaban J connectivity index is 1.48. The first-order valence-corrected chi connectivity index (χ1v) is 11.3. The maximum Gasteiger partial charge on any atom is 0.246 e. The highest BCUT2D eigenvalue weighted by Crippen LogP contribution is 2.28. The second kappa shape index (κ2) is 9.52. The molecular weight excluding hydrogens is 414 g/mol. The average molecular weight is 446 g/mol. The van der Waals surface area contributed by atoms with E-state index in [2.05, 4.69) is 20.4 Å². The van der Waals surface area contributed by atoms with Crippen LogP contribution in [0.1, 0.15) is 52.9 Å². The summed E-state index contributed by atoms with van der Waals surface area (Å²) in [6, 6.07) is 7.82. The molecule has 0 unspecified atom stereocenters. The standard InChI is InChI=1S/C25H31N7O/c1-16-8-6-10-23(26-16)29-24-14-22(27-19(4)28-24)20-9-7-13-32(15-20)25(33)12-11-21-17(2)30-31(5)18(21)3/h6,8,10-12,14,20H,7,9,13,15H2,1-5H3,(H,26,27,28,29)/b12-11+/t20-/m1/s1. The number of nitrogens with one attached hydrogen (secondary N) is 1. The Labute approximate surface area is 194 Å². The largest absolute Gasteiger partial charge is 0.338 e. The van der Waals surface area contributed by atoms with Gasteiger partial charge in [-0.2, -0.15) is 5.10 Å². The van der Waals surface area contributed by atoms with E-state index < -0.39 is 0 Å². The maximum atomic E-state index is 12.9. The minimum Gasteiger partial charge on any atom is -0.338 e. The number of amides is 1. The van der Waals surface area contributed by atoms with Crippen molar-refractivity contribution in [3.05, 3.63) is 64.5 Å². The number of carbonyl (C=O) groups is 1. The third-order valence-electron chi connectivity index (χ3n) is 6.11. The Hall–Kier alpha value is -3.55. The molecule has 1 aliphatic rings. The van der Waals surface area contributed by atoms with E-state index in [-0.39, 0.29) is 11.8 Å². The molecule has 0 aliphatic carbocycles. The van der Waals surface area contributed by atoms with Gasteiger partial charge in [0.1, 0.15) is 17.5 Å². The SMILES string of the molecule is Cc1cccc(Nc2cc([C@@H]3CCCN(C(=O)/C=C/c4c(C)nn(C)c4C)C3)nc(C)n2)n1. The van der Waals surface area contributed by atoms with Crippen LogP contribution in [0.3, 0.4) is 0 Å². The van der Waals surface area contributed by atoms with Crippen LogP contribution in [0, 0.1) is 27.7 Å². The van der Waals surface area contributed by atoms with Crippen molar-refractivity contribution in [1.29, 1.82) is 0 Å². The molecule has 0 radical (unpaired) electrons. The van der Waals surface area contributed by atoms with Gasteiger partial charge in [-0.1, -0.05) is 6.07 Å². The lowest BCUT2D eigenvalue weighted by Crippen LogP contribution is -2.38. The monoisotopic (exact) mass is 445 g/mol. The number of anilines is 2. The van der Waals surface area contributed by atoms with Crippen LogP contribution in [0.4, 0.5) is 11.6 Å². The zero-order valence-corrected chi connectivity index (χ0v) is 20.0. The summed E-state index contributed by atoms with van der Waals surface area (Å²) in [5.41, 5.74) is 4.88. The smallest absolute Gasteiger partial charge is 0.246 e. The first-order chi connectivity index (χ1) is 15.8. The maximum absolute atomic E-state index is 12.9. The topological polar surface area (TPSA) is 88.8 Å². The van der Waals surface area contributed by atoms with Gasteiger partial charge in [0.15, 0.2) is 0 Å². The van der Waals surface area contributed by atoms with Crippen molar-refractivity contribution in [2.45, 2.75) is 46.5 Å². The van der Waals surface area contributed by atoms with E-state index in [4.69, 9.17) is 4.98 Å². The molecule has 1 amide bonds. The van der Waals surface area contributed by atoms with Crippen LogP contribution < -0.4 is 5.32 Å². The van der Waals surface area contributed by atoms with Crippen LogP contribution in [-0.2, 0) is 11.8 Å². The fraction of sp³-hybridized carbons (Fsp3) is 0.400. The van der Waals surface area contributed by atoms with E-state index in [1.165, 1.54) is 0 Å². The van der Waals surface area contributed by atoms with Gasteiger partial charge in [0, 0.05) is 55.1 Å². The van der Waals surface area contributed by atoms with Gasteiger partial charge in [0.05, 0.1) is 11.4 Å². The van der Waals surface area contributed by atoms with Crippen molar-refractivity contribution < 1.29 is 4.79 Å². The van der Waals surface area contributed by atoms with Crippen LogP contribution in [0.2, 0.25) is 0 Å². The molecule has 1 atom stereocenters. The van der Waals surface area contributed by atoms with E-state index in [1.54, 1.807) is 6.08 Å². The lowest BCUT2D eigenvalue weighted by molar-refractivity contribution is -0.127. The molecule has 1 aliphatic heterocycles. The van der Waals surface area contributed by atoms with E-state index in [0.717, 1.165) is 59.4 Å². The predicted octanol–water partition coefficient (Wildman–Crippen LogP) is 4.00. The first kappa shape index (κ1) is 22.6. The number of hydrogen-bond acceptors (Lipinski definition) is 6. The van der Waals surface area contributed by atoms with Crippen molar-refractivity contribution >= 4 is 23.6 Å². The highest BCUT2D eigenvalue weighted by molar-refractivity contribution is 5.92. The third kappa shape index (κ3) is 5.27. The quantitative estimate of drug-likeness (QED) is 0.597. The van der Waals surface area contributed by atoms with E-state index in [1.807, 2.05) is 74.7 Å². The molecular formula is C25H31N7O. The molecule has 4 heterocycles. The van der Waals surface area contributed by atoms with Crippen LogP contribution >= 0.6 is 0 Å². The van der Waals surface area contributed by atoms with Gasteiger partial charge in [-0.05, 0) is 58.7 Å². The average Bonchev–Trinajstić information content (AvgIpc) is 3.02. The summed E-state index contributed by atoms with van der Waals surface area (Å²) in [6.45, 7) is 9.23. The number of piperidine rings is 1. The normalized spacial score (nSPS) is 16.4. The molecule has 0 saturated carbocycles. The number of nitrogens with zero attached hydrogens (tertiary/aromatic N) is 6. The lowest BCUT2D eigenvalue weighted by Gasteiger charge is -2.32. The molecule has 1 fully saturated rings. The zero-order chi connectivity index (χ0) is 23.5. The number of likely N-dealkylation sites (tertiary alicyclic amines) is 1. The summed E-state index contributed by atoms with van der Waals surface area (Å²) in [4.78, 5) is 28.6. The lowest BCUT2D eigenvalue weighted by atomic mass is 9.94. The summed E-state index contributed by atoms with van der Waals surface area (Å²) < 4.78 is 1.84. The van der Waals surface area contributed by atoms with Gasteiger partial charge in [-0.3, -0.25) is 9.48 Å². The van der Waals surface area contributed by atoms with Gasteiger partial charge < -0.3 is 10.2 Å². The Kier molecular flexibility index (Phi) is 6.53. The van der Waals surface area contributed by atoms with Gasteiger partial charge >= 0.3 is 0 Å². The van der Waals surface area contributed by atoms with Crippen LogP contribution in [0.15, 0.2) is 30.3 Å². The summed E-state index contributed by atoms with van der Waals surface area (Å²) in [7, 11) is 1.92. The fourth-order valence-electron chi connectivity index (χ4n) is 4.32. The van der Waals surface area contributed by atoms with Crippen molar-refractivity contribution in [3.63, 3.8) is 0 Å². The Morgan fingerprint density at radius 2 is 1.94 bits per heavy atom. The number of carbonyl (C=O) groups excluding carboxylic acids is 1. The van der Waals surface area contributed by atoms with Gasteiger partial charge in [0.2, 0.25) is 5.91 Å². The molecule has 33 heavy (non-hydrogen) atoms. The second-order valence-corrected chi connectivity index (χ2v) is 8.68. The molecule has 1 saturated heterocycles. The van der Waals surface area contributed by atoms with Crippen molar-refractivity contribution in [2.75, 3.05) is 18.4 Å². The number of aromatic nitrogens is 5. The molecule has 1 N–H and O–H groups in total. The van der Waals surface area contributed by atoms with E-state index in [9.17, 15) is 4.79 Å². The summed E-state index contributed by atoms with van der Waals surface area (Å²) in [6.07, 6.45) is 5.49. The third-order valence-corrected chi connectivity index (χ3v) is 6.11. The Morgan fingerprint density at radius 3 is 2.67 bits per heavy atom. The van der Waals surface area contributed by atoms with Crippen molar-refractivity contribution in [1.82, 2.24) is 29.6 Å².